The van der Waals surface area contributed by atoms with Crippen molar-refractivity contribution in [3.63, 3.8) is 0 Å². The van der Waals surface area contributed by atoms with Crippen molar-refractivity contribution >= 4 is 18.0 Å². The van der Waals surface area contributed by atoms with Gasteiger partial charge in [-0.15, -0.1) is 0 Å². The highest BCUT2D eigenvalue weighted by Gasteiger charge is 2.62. The van der Waals surface area contributed by atoms with Gasteiger partial charge in [0.2, 0.25) is 11.5 Å². The minimum atomic E-state index is -2.50. The third-order valence-corrected chi connectivity index (χ3v) is 9.23. The van der Waals surface area contributed by atoms with Crippen LogP contribution in [-0.2, 0) is 33.3 Å². The van der Waals surface area contributed by atoms with Gasteiger partial charge < -0.3 is 74.0 Å². The Morgan fingerprint density at radius 3 is 2.27 bits per heavy atom. The van der Waals surface area contributed by atoms with Crippen molar-refractivity contribution in [1.29, 1.82) is 0 Å². The predicted octanol–water partition coefficient (Wildman–Crippen LogP) is -2.01. The molecular weight excluding hydrogens is 656 g/mol. The van der Waals surface area contributed by atoms with E-state index in [0.29, 0.717) is 11.1 Å². The summed E-state index contributed by atoms with van der Waals surface area (Å²) in [4.78, 5) is 28.2. The molecule has 3 fully saturated rings. The standard InChI is InChI=1S/C32H36O17/c1-43-16-8-13-7-15-21(19(12-3-5-14(35)6-4-12)20(13)27(44-2)23(16)37)30(42)47-28-24(38)18(10-45-29(15)41)48-32(28,11-34)49-31-26(40)25(39)22(36)17(9-33)46-31/h3-8,17-19,21-22,24-26,28,31,33-40H,9-11H2,1-2H3/t17-,18-,19+,21+,22-,24-,25+,26-,28?,31-,32+/m1/s1. The van der Waals surface area contributed by atoms with Gasteiger partial charge in [-0.05, 0) is 35.4 Å². The van der Waals surface area contributed by atoms with Gasteiger partial charge in [-0.25, -0.2) is 4.79 Å². The van der Waals surface area contributed by atoms with E-state index in [1.54, 1.807) is 0 Å². The number of phenols is 2. The van der Waals surface area contributed by atoms with Crippen LogP contribution in [0.5, 0.6) is 23.0 Å². The number of esters is 2. The molecule has 6 rings (SSSR count). The lowest BCUT2D eigenvalue weighted by atomic mass is 9.70. The Labute approximate surface area is 278 Å². The third kappa shape index (κ3) is 5.76. The molecule has 0 saturated carbocycles. The van der Waals surface area contributed by atoms with Gasteiger partial charge in [0.05, 0.1) is 26.4 Å². The molecule has 3 saturated heterocycles. The molecule has 17 heteroatoms. The summed E-state index contributed by atoms with van der Waals surface area (Å²) in [6.45, 7) is -2.59. The molecule has 3 aliphatic heterocycles. The number of fused-ring (bicyclic) bond motifs is 4. The fraction of sp³-hybridized carbons (Fsp3) is 0.500. The van der Waals surface area contributed by atoms with Gasteiger partial charge in [-0.2, -0.15) is 0 Å². The number of hydrogen-bond acceptors (Lipinski definition) is 17. The highest BCUT2D eigenvalue weighted by atomic mass is 16.8. The molecule has 3 heterocycles. The van der Waals surface area contributed by atoms with Gasteiger partial charge in [0.25, 0.3) is 0 Å². The van der Waals surface area contributed by atoms with Gasteiger partial charge in [-0.1, -0.05) is 12.1 Å². The zero-order valence-corrected chi connectivity index (χ0v) is 26.1. The van der Waals surface area contributed by atoms with E-state index >= 15 is 0 Å². The average Bonchev–Trinajstić information content (AvgIpc) is 3.35. The van der Waals surface area contributed by atoms with E-state index in [4.69, 9.17) is 33.2 Å². The first-order valence-corrected chi connectivity index (χ1v) is 15.2. The maximum Gasteiger partial charge on any atom is 0.335 e. The Hall–Kier alpha value is -4.04. The molecule has 2 aromatic rings. The van der Waals surface area contributed by atoms with Gasteiger partial charge in [0.15, 0.2) is 23.9 Å². The highest BCUT2D eigenvalue weighted by Crippen LogP contribution is 2.53. The lowest BCUT2D eigenvalue weighted by Crippen LogP contribution is -2.63. The van der Waals surface area contributed by atoms with E-state index in [1.807, 2.05) is 0 Å². The second-order valence-electron chi connectivity index (χ2n) is 12.0. The molecule has 2 bridgehead atoms. The smallest absolute Gasteiger partial charge is 0.335 e. The number of benzene rings is 2. The molecule has 0 amide bonds. The third-order valence-electron chi connectivity index (χ3n) is 9.23. The zero-order valence-electron chi connectivity index (χ0n) is 26.1. The average molecular weight is 693 g/mol. The SMILES string of the molecule is COc1cc2c(c(OC)c1O)[C@H](c1ccc(O)cc1)[C@H]1C(=O)OC3[C@H](O)[C@@H](COC(=O)C1=C2)O[C@@]3(CO)O[C@H]1O[C@H](CO)[C@@H](O)[C@H](O)[C@H]1O. The molecule has 49 heavy (non-hydrogen) atoms. The number of rotatable bonds is 7. The number of ether oxygens (including phenoxy) is 7. The molecule has 11 atom stereocenters. The summed E-state index contributed by atoms with van der Waals surface area (Å²) in [6.07, 6.45) is -12.7. The predicted molar refractivity (Wildman–Crippen MR) is 159 cm³/mol. The zero-order chi connectivity index (χ0) is 35.4. The summed E-state index contributed by atoms with van der Waals surface area (Å²) in [6, 6.07) is 7.08. The first-order valence-electron chi connectivity index (χ1n) is 15.2. The molecule has 17 nitrogen and oxygen atoms in total. The van der Waals surface area contributed by atoms with Gasteiger partial charge >= 0.3 is 11.9 Å². The van der Waals surface area contributed by atoms with E-state index in [9.17, 15) is 50.4 Å². The number of aromatic hydroxyl groups is 2. The normalized spacial score (nSPS) is 35.7. The number of hydrogen-bond donors (Lipinski definition) is 8. The lowest BCUT2D eigenvalue weighted by molar-refractivity contribution is -0.383. The number of carbonyl (C=O) groups excluding carboxylic acids is 2. The molecule has 4 aliphatic rings. The first-order chi connectivity index (χ1) is 23.4. The van der Waals surface area contributed by atoms with Crippen LogP contribution in [0, 0.1) is 5.92 Å². The Morgan fingerprint density at radius 2 is 1.63 bits per heavy atom. The summed E-state index contributed by atoms with van der Waals surface area (Å²) >= 11 is 0. The van der Waals surface area contributed by atoms with Crippen LogP contribution in [0.3, 0.4) is 0 Å². The van der Waals surface area contributed by atoms with Crippen LogP contribution in [0.25, 0.3) is 6.08 Å². The maximum atomic E-state index is 14.4. The Bertz CT molecular complexity index is 1610. The summed E-state index contributed by atoms with van der Waals surface area (Å²) in [5.74, 6) is -8.01. The fourth-order valence-corrected chi connectivity index (χ4v) is 6.75. The van der Waals surface area contributed by atoms with E-state index in [2.05, 4.69) is 0 Å². The molecule has 2 aromatic carbocycles. The maximum absolute atomic E-state index is 14.4. The second kappa shape index (κ2) is 13.3. The minimum Gasteiger partial charge on any atom is -0.508 e. The van der Waals surface area contributed by atoms with Crippen molar-refractivity contribution in [3.8, 4) is 23.0 Å². The summed E-state index contributed by atoms with van der Waals surface area (Å²) in [7, 11) is 2.59. The molecule has 0 aromatic heterocycles. The molecular formula is C32H36O17. The van der Waals surface area contributed by atoms with Crippen LogP contribution in [0.2, 0.25) is 0 Å². The minimum absolute atomic E-state index is 0.00111. The molecule has 266 valence electrons. The number of aliphatic hydroxyl groups excluding tert-OH is 6. The lowest BCUT2D eigenvalue weighted by Gasteiger charge is -2.43. The van der Waals surface area contributed by atoms with Crippen LogP contribution in [-0.4, -0.2) is 142 Å². The number of methoxy groups -OCH3 is 2. The van der Waals surface area contributed by atoms with Crippen LogP contribution in [0.15, 0.2) is 35.9 Å². The van der Waals surface area contributed by atoms with Gasteiger partial charge in [0, 0.05) is 11.5 Å². The molecule has 8 N–H and O–H groups in total. The molecule has 1 unspecified atom stereocenters. The quantitative estimate of drug-likeness (QED) is 0.146. The highest BCUT2D eigenvalue weighted by molar-refractivity contribution is 6.02. The monoisotopic (exact) mass is 692 g/mol. The summed E-state index contributed by atoms with van der Waals surface area (Å²) in [5.41, 5.74) is 0.693. The van der Waals surface area contributed by atoms with E-state index in [0.717, 1.165) is 0 Å². The van der Waals surface area contributed by atoms with Crippen LogP contribution in [0.1, 0.15) is 22.6 Å². The van der Waals surface area contributed by atoms with E-state index < -0.39 is 104 Å². The fourth-order valence-electron chi connectivity index (χ4n) is 6.75. The van der Waals surface area contributed by atoms with Crippen molar-refractivity contribution in [1.82, 2.24) is 0 Å². The Kier molecular flexibility index (Phi) is 9.48. The van der Waals surface area contributed by atoms with Crippen LogP contribution in [0.4, 0.5) is 0 Å². The van der Waals surface area contributed by atoms with Gasteiger partial charge in [0.1, 0.15) is 61.5 Å². The second-order valence-corrected chi connectivity index (χ2v) is 12.0. The first kappa shape index (κ1) is 34.8. The molecule has 0 radical (unpaired) electrons. The van der Waals surface area contributed by atoms with Crippen molar-refractivity contribution in [3.05, 3.63) is 52.6 Å². The number of phenolic OH excluding ortho intramolecular Hbond substituents is 2. The summed E-state index contributed by atoms with van der Waals surface area (Å²) in [5, 5.41) is 83.8. The van der Waals surface area contributed by atoms with Crippen LogP contribution < -0.4 is 9.47 Å². The van der Waals surface area contributed by atoms with Crippen LogP contribution >= 0.6 is 0 Å². The number of carbonyl (C=O) groups is 2. The molecule has 0 spiro atoms. The number of cyclic esters (lactones) is 1. The Morgan fingerprint density at radius 1 is 0.918 bits per heavy atom. The van der Waals surface area contributed by atoms with E-state index in [-0.39, 0.29) is 28.4 Å². The van der Waals surface area contributed by atoms with Crippen molar-refractivity contribution in [2.75, 3.05) is 34.0 Å². The Balaban J connectivity index is 1.47. The topological polar surface area (TPSA) is 261 Å². The van der Waals surface area contributed by atoms with Crippen molar-refractivity contribution in [2.45, 2.75) is 60.7 Å². The summed E-state index contributed by atoms with van der Waals surface area (Å²) < 4.78 is 39.3. The van der Waals surface area contributed by atoms with Crippen molar-refractivity contribution in [2.24, 2.45) is 5.92 Å². The van der Waals surface area contributed by atoms with Gasteiger partial charge in [-0.3, -0.25) is 4.79 Å². The largest absolute Gasteiger partial charge is 0.508 e. The molecule has 1 aliphatic carbocycles. The number of aliphatic hydroxyl groups is 6. The van der Waals surface area contributed by atoms with E-state index in [1.165, 1.54) is 50.6 Å². The van der Waals surface area contributed by atoms with Crippen molar-refractivity contribution < 1.29 is 83.6 Å².